The van der Waals surface area contributed by atoms with Crippen molar-refractivity contribution in [1.82, 2.24) is 9.88 Å². The minimum Gasteiger partial charge on any atom is -0.346 e. The summed E-state index contributed by atoms with van der Waals surface area (Å²) in [6.45, 7) is 3.43. The lowest BCUT2D eigenvalue weighted by Gasteiger charge is -2.12. The second-order valence-electron chi connectivity index (χ2n) is 7.40. The third-order valence-corrected chi connectivity index (χ3v) is 4.46. The molecule has 3 rings (SSSR count). The molecule has 158 valence electrons. The van der Waals surface area contributed by atoms with Gasteiger partial charge in [-0.25, -0.2) is 0 Å². The number of para-hydroxylation sites is 2. The summed E-state index contributed by atoms with van der Waals surface area (Å²) < 4.78 is 39.3. The van der Waals surface area contributed by atoms with Crippen molar-refractivity contribution in [3.8, 4) is 0 Å². The fourth-order valence-electron chi connectivity index (χ4n) is 3.23. The molecule has 1 aromatic heterocycles. The van der Waals surface area contributed by atoms with Gasteiger partial charge in [0.25, 0.3) is 11.8 Å². The van der Waals surface area contributed by atoms with Gasteiger partial charge in [0, 0.05) is 23.6 Å². The van der Waals surface area contributed by atoms with Gasteiger partial charge < -0.3 is 15.2 Å². The third-order valence-electron chi connectivity index (χ3n) is 4.46. The van der Waals surface area contributed by atoms with Crippen LogP contribution in [0.4, 0.5) is 18.9 Å². The Balaban J connectivity index is 1.88. The van der Waals surface area contributed by atoms with Gasteiger partial charge in [-0.1, -0.05) is 44.2 Å². The average molecular weight is 417 g/mol. The number of nitrogens with zero attached hydrogens (tertiary/aromatic N) is 1. The lowest BCUT2D eigenvalue weighted by Crippen LogP contribution is -2.34. The zero-order valence-electron chi connectivity index (χ0n) is 16.6. The van der Waals surface area contributed by atoms with E-state index in [-0.39, 0.29) is 11.3 Å². The van der Waals surface area contributed by atoms with Gasteiger partial charge >= 0.3 is 6.18 Å². The van der Waals surface area contributed by atoms with Crippen molar-refractivity contribution in [2.24, 2.45) is 5.92 Å². The highest BCUT2D eigenvalue weighted by atomic mass is 19.4. The number of carbonyl (C=O) groups is 2. The van der Waals surface area contributed by atoms with Crippen molar-refractivity contribution in [3.05, 3.63) is 65.9 Å². The number of nitrogens with one attached hydrogen (secondary N) is 2. The Morgan fingerprint density at radius 2 is 1.63 bits per heavy atom. The molecule has 8 heteroatoms. The van der Waals surface area contributed by atoms with E-state index in [9.17, 15) is 22.8 Å². The molecule has 0 saturated heterocycles. The van der Waals surface area contributed by atoms with Gasteiger partial charge in [-0.2, -0.15) is 13.2 Å². The Kier molecular flexibility index (Phi) is 6.14. The first-order valence-corrected chi connectivity index (χ1v) is 9.49. The lowest BCUT2D eigenvalue weighted by molar-refractivity contribution is -0.123. The molecule has 0 atom stereocenters. The number of fused-ring (bicyclic) bond motifs is 1. The largest absolute Gasteiger partial charge is 0.405 e. The summed E-state index contributed by atoms with van der Waals surface area (Å²) in [5, 5.41) is 5.26. The van der Waals surface area contributed by atoms with Gasteiger partial charge in [-0.05, 0) is 24.1 Å². The molecular weight excluding hydrogens is 395 g/mol. The molecule has 5 nitrogen and oxygen atoms in total. The molecule has 0 fully saturated rings. The van der Waals surface area contributed by atoms with E-state index in [1.165, 1.54) is 18.2 Å². The molecule has 0 bridgehead atoms. The van der Waals surface area contributed by atoms with Crippen LogP contribution in [0.2, 0.25) is 0 Å². The highest BCUT2D eigenvalue weighted by Gasteiger charge is 2.28. The zero-order chi connectivity index (χ0) is 21.9. The molecule has 0 aliphatic rings. The van der Waals surface area contributed by atoms with Crippen LogP contribution < -0.4 is 10.6 Å². The van der Waals surface area contributed by atoms with Crippen molar-refractivity contribution in [2.75, 3.05) is 11.9 Å². The van der Waals surface area contributed by atoms with Crippen molar-refractivity contribution in [3.63, 3.8) is 0 Å². The lowest BCUT2D eigenvalue weighted by atomic mass is 10.1. The van der Waals surface area contributed by atoms with Crippen molar-refractivity contribution >= 4 is 28.4 Å². The summed E-state index contributed by atoms with van der Waals surface area (Å²) in [6.07, 6.45) is -2.77. The van der Waals surface area contributed by atoms with E-state index in [0.29, 0.717) is 11.5 Å². The number of amides is 2. The molecule has 2 aromatic carbocycles. The summed E-state index contributed by atoms with van der Waals surface area (Å²) >= 11 is 0. The van der Waals surface area contributed by atoms with Gasteiger partial charge in [0.15, 0.2) is 0 Å². The fourth-order valence-corrected chi connectivity index (χ4v) is 3.23. The SMILES string of the molecule is CC(C)Cn1cc(C(=O)Nc2ccccc2C(=O)NCC(F)(F)F)c2ccccc21. The van der Waals surface area contributed by atoms with E-state index in [2.05, 4.69) is 19.2 Å². The van der Waals surface area contributed by atoms with Crippen LogP contribution in [0.1, 0.15) is 34.6 Å². The number of benzene rings is 2. The van der Waals surface area contributed by atoms with Gasteiger partial charge in [0.05, 0.1) is 16.8 Å². The van der Waals surface area contributed by atoms with E-state index >= 15 is 0 Å². The summed E-state index contributed by atoms with van der Waals surface area (Å²) in [5.74, 6) is -0.981. The van der Waals surface area contributed by atoms with Crippen LogP contribution in [0.25, 0.3) is 10.9 Å². The van der Waals surface area contributed by atoms with Gasteiger partial charge in [-0.15, -0.1) is 0 Å². The summed E-state index contributed by atoms with van der Waals surface area (Å²) in [5.41, 5.74) is 1.44. The Labute approximate surface area is 171 Å². The van der Waals surface area contributed by atoms with Crippen molar-refractivity contribution in [2.45, 2.75) is 26.6 Å². The highest BCUT2D eigenvalue weighted by molar-refractivity contribution is 6.14. The molecule has 0 spiro atoms. The van der Waals surface area contributed by atoms with Gasteiger partial charge in [-0.3, -0.25) is 9.59 Å². The summed E-state index contributed by atoms with van der Waals surface area (Å²) in [4.78, 5) is 25.2. The molecule has 0 saturated carbocycles. The fraction of sp³-hybridized carbons (Fsp3) is 0.273. The number of alkyl halides is 3. The molecule has 30 heavy (non-hydrogen) atoms. The normalized spacial score (nSPS) is 11.7. The molecule has 1 heterocycles. The van der Waals surface area contributed by atoms with Crippen molar-refractivity contribution < 1.29 is 22.8 Å². The topological polar surface area (TPSA) is 63.1 Å². The smallest absolute Gasteiger partial charge is 0.346 e. The van der Waals surface area contributed by atoms with Gasteiger partial charge in [0.1, 0.15) is 6.54 Å². The maximum Gasteiger partial charge on any atom is 0.405 e. The monoisotopic (exact) mass is 417 g/mol. The van der Waals surface area contributed by atoms with E-state index in [1.54, 1.807) is 12.3 Å². The first-order valence-electron chi connectivity index (χ1n) is 9.49. The third kappa shape index (κ3) is 5.00. The standard InChI is InChI=1S/C22H22F3N3O2/c1-14(2)11-28-12-17(15-7-4-6-10-19(15)28)21(30)27-18-9-5-3-8-16(18)20(29)26-13-22(23,24)25/h3-10,12,14H,11,13H2,1-2H3,(H,26,29)(H,27,30). The molecule has 3 aromatic rings. The molecule has 0 radical (unpaired) electrons. The maximum atomic E-state index is 13.0. The number of hydrogen-bond acceptors (Lipinski definition) is 2. The molecule has 2 N–H and O–H groups in total. The number of carbonyl (C=O) groups excluding carboxylic acids is 2. The Hall–Kier alpha value is -3.29. The Morgan fingerprint density at radius 3 is 2.33 bits per heavy atom. The highest BCUT2D eigenvalue weighted by Crippen LogP contribution is 2.24. The number of hydrogen-bond donors (Lipinski definition) is 2. The number of anilines is 1. The van der Waals surface area contributed by atoms with Crippen LogP contribution in [0.15, 0.2) is 54.7 Å². The van der Waals surface area contributed by atoms with Crippen LogP contribution >= 0.6 is 0 Å². The molecule has 0 aliphatic heterocycles. The minimum absolute atomic E-state index is 0.0407. The molecule has 2 amide bonds. The number of halogens is 3. The molecular formula is C22H22F3N3O2. The second-order valence-corrected chi connectivity index (χ2v) is 7.40. The quantitative estimate of drug-likeness (QED) is 0.603. The van der Waals surface area contributed by atoms with Crippen LogP contribution in [0.5, 0.6) is 0 Å². The Morgan fingerprint density at radius 1 is 0.967 bits per heavy atom. The minimum atomic E-state index is -4.52. The zero-order valence-corrected chi connectivity index (χ0v) is 16.6. The van der Waals surface area contributed by atoms with Crippen LogP contribution in [-0.4, -0.2) is 29.1 Å². The predicted octanol–water partition coefficient (Wildman–Crippen LogP) is 4.84. The average Bonchev–Trinajstić information content (AvgIpc) is 3.04. The van der Waals surface area contributed by atoms with E-state index in [1.807, 2.05) is 34.1 Å². The molecule has 0 aliphatic carbocycles. The summed E-state index contributed by atoms with van der Waals surface area (Å²) in [7, 11) is 0. The van der Waals surface area contributed by atoms with Crippen molar-refractivity contribution in [1.29, 1.82) is 0 Å². The van der Waals surface area contributed by atoms with Crippen LogP contribution in [0, 0.1) is 5.92 Å². The van der Waals surface area contributed by atoms with E-state index in [4.69, 9.17) is 0 Å². The Bertz CT molecular complexity index is 1070. The van der Waals surface area contributed by atoms with Gasteiger partial charge in [0.2, 0.25) is 0 Å². The predicted molar refractivity (Wildman–Crippen MR) is 110 cm³/mol. The van der Waals surface area contributed by atoms with E-state index in [0.717, 1.165) is 17.4 Å². The number of rotatable bonds is 6. The van der Waals surface area contributed by atoms with E-state index < -0.39 is 24.5 Å². The van der Waals surface area contributed by atoms with Crippen LogP contribution in [0.3, 0.4) is 0 Å². The first-order chi connectivity index (χ1) is 14.2. The summed E-state index contributed by atoms with van der Waals surface area (Å²) in [6, 6.07) is 13.4. The number of aromatic nitrogens is 1. The molecule has 0 unspecified atom stereocenters. The first kappa shape index (κ1) is 21.4. The van der Waals surface area contributed by atoms with Crippen LogP contribution in [-0.2, 0) is 6.54 Å². The maximum absolute atomic E-state index is 13.0. The second kappa shape index (κ2) is 8.61.